The maximum atomic E-state index is 12.0. The van der Waals surface area contributed by atoms with E-state index in [0.717, 1.165) is 43.9 Å². The molecule has 1 amide bonds. The Balaban J connectivity index is 1.28. The Morgan fingerprint density at radius 2 is 1.76 bits per heavy atom. The van der Waals surface area contributed by atoms with Crippen LogP contribution in [0.4, 0.5) is 11.4 Å². The molecule has 0 bridgehead atoms. The summed E-state index contributed by atoms with van der Waals surface area (Å²) in [6, 6.07) is 16.3. The van der Waals surface area contributed by atoms with Gasteiger partial charge in [-0.2, -0.15) is 0 Å². The lowest BCUT2D eigenvalue weighted by Crippen LogP contribution is -2.49. The normalized spacial score (nSPS) is 18.5. The summed E-state index contributed by atoms with van der Waals surface area (Å²) in [4.78, 5) is 18.4. The molecule has 0 aliphatic carbocycles. The fourth-order valence-corrected chi connectivity index (χ4v) is 4.16. The SMILES string of the molecule is CN1C(=O)CCc2cccc(OCC(O)CN3CCN(c4ccccc4)CC3)c21. The molecule has 29 heavy (non-hydrogen) atoms. The summed E-state index contributed by atoms with van der Waals surface area (Å²) < 4.78 is 5.94. The number of fused-ring (bicyclic) bond motifs is 1. The molecule has 1 atom stereocenters. The number of piperazine rings is 1. The highest BCUT2D eigenvalue weighted by molar-refractivity contribution is 5.97. The molecule has 1 N–H and O–H groups in total. The zero-order valence-electron chi connectivity index (χ0n) is 17.0. The molecule has 1 unspecified atom stereocenters. The van der Waals surface area contributed by atoms with E-state index in [1.54, 1.807) is 11.9 Å². The highest BCUT2D eigenvalue weighted by atomic mass is 16.5. The zero-order valence-corrected chi connectivity index (χ0v) is 17.0. The van der Waals surface area contributed by atoms with Crippen LogP contribution < -0.4 is 14.5 Å². The van der Waals surface area contributed by atoms with Crippen molar-refractivity contribution in [1.82, 2.24) is 4.90 Å². The number of hydrogen-bond acceptors (Lipinski definition) is 5. The van der Waals surface area contributed by atoms with Gasteiger partial charge in [0.25, 0.3) is 0 Å². The first-order valence-corrected chi connectivity index (χ1v) is 10.3. The number of rotatable bonds is 6. The maximum absolute atomic E-state index is 12.0. The first-order chi connectivity index (χ1) is 14.1. The van der Waals surface area contributed by atoms with Gasteiger partial charge < -0.3 is 19.6 Å². The third kappa shape index (κ3) is 4.54. The first-order valence-electron chi connectivity index (χ1n) is 10.3. The smallest absolute Gasteiger partial charge is 0.227 e. The van der Waals surface area contributed by atoms with Crippen LogP contribution in [0.2, 0.25) is 0 Å². The number of aliphatic hydroxyl groups excluding tert-OH is 1. The highest BCUT2D eigenvalue weighted by Crippen LogP contribution is 2.35. The van der Waals surface area contributed by atoms with Crippen LogP contribution in [-0.4, -0.2) is 68.4 Å². The van der Waals surface area contributed by atoms with Gasteiger partial charge in [0.05, 0.1) is 5.69 Å². The van der Waals surface area contributed by atoms with Crippen molar-refractivity contribution in [3.05, 3.63) is 54.1 Å². The predicted molar refractivity (Wildman–Crippen MR) is 115 cm³/mol. The Hall–Kier alpha value is -2.57. The number of nitrogens with zero attached hydrogens (tertiary/aromatic N) is 3. The van der Waals surface area contributed by atoms with Crippen LogP contribution in [-0.2, 0) is 11.2 Å². The minimum absolute atomic E-state index is 0.102. The van der Waals surface area contributed by atoms with Crippen molar-refractivity contribution in [3.63, 3.8) is 0 Å². The van der Waals surface area contributed by atoms with Crippen LogP contribution in [0.1, 0.15) is 12.0 Å². The van der Waals surface area contributed by atoms with Gasteiger partial charge in [0, 0.05) is 51.9 Å². The lowest BCUT2D eigenvalue weighted by Gasteiger charge is -2.37. The number of para-hydroxylation sites is 2. The number of β-amino-alcohol motifs (C(OH)–C–C–N with tert-alkyl or cyclic N) is 1. The molecule has 0 saturated carbocycles. The molecule has 6 heteroatoms. The van der Waals surface area contributed by atoms with Crippen LogP contribution in [0.3, 0.4) is 0 Å². The van der Waals surface area contributed by atoms with Gasteiger partial charge in [-0.1, -0.05) is 30.3 Å². The summed E-state index contributed by atoms with van der Waals surface area (Å²) in [5.41, 5.74) is 3.21. The number of ether oxygens (including phenoxy) is 1. The first kappa shape index (κ1) is 19.7. The Morgan fingerprint density at radius 3 is 2.52 bits per heavy atom. The van der Waals surface area contributed by atoms with Gasteiger partial charge in [0.2, 0.25) is 5.91 Å². The fourth-order valence-electron chi connectivity index (χ4n) is 4.16. The van der Waals surface area contributed by atoms with E-state index in [2.05, 4.69) is 34.1 Å². The molecule has 2 aliphatic heterocycles. The van der Waals surface area contributed by atoms with Gasteiger partial charge >= 0.3 is 0 Å². The number of benzene rings is 2. The highest BCUT2D eigenvalue weighted by Gasteiger charge is 2.25. The van der Waals surface area contributed by atoms with Crippen molar-refractivity contribution in [2.45, 2.75) is 18.9 Å². The lowest BCUT2D eigenvalue weighted by atomic mass is 10.0. The standard InChI is InChI=1S/C23H29N3O3/c1-24-22(28)11-10-18-6-5-9-21(23(18)24)29-17-20(27)16-25-12-14-26(15-13-25)19-7-3-2-4-8-19/h2-9,20,27H,10-17H2,1H3. The minimum atomic E-state index is -0.571. The van der Waals surface area contributed by atoms with Crippen molar-refractivity contribution >= 4 is 17.3 Å². The van der Waals surface area contributed by atoms with E-state index in [0.29, 0.717) is 18.7 Å². The number of carbonyl (C=O) groups is 1. The van der Waals surface area contributed by atoms with E-state index in [9.17, 15) is 9.90 Å². The van der Waals surface area contributed by atoms with Gasteiger partial charge in [-0.05, 0) is 30.2 Å². The number of aryl methyl sites for hydroxylation is 1. The number of hydrogen-bond donors (Lipinski definition) is 1. The van der Waals surface area contributed by atoms with E-state index < -0.39 is 6.10 Å². The van der Waals surface area contributed by atoms with Crippen LogP contribution >= 0.6 is 0 Å². The Morgan fingerprint density at radius 1 is 1.00 bits per heavy atom. The summed E-state index contributed by atoms with van der Waals surface area (Å²) in [6.45, 7) is 4.56. The summed E-state index contributed by atoms with van der Waals surface area (Å²) in [7, 11) is 1.79. The molecule has 1 fully saturated rings. The molecule has 2 aromatic carbocycles. The molecular weight excluding hydrogens is 366 g/mol. The van der Waals surface area contributed by atoms with E-state index in [4.69, 9.17) is 4.74 Å². The molecule has 4 rings (SSSR count). The van der Waals surface area contributed by atoms with Crippen molar-refractivity contribution in [2.24, 2.45) is 0 Å². The second kappa shape index (κ2) is 8.84. The van der Waals surface area contributed by atoms with Crippen LogP contribution in [0.15, 0.2) is 48.5 Å². The third-order valence-corrected chi connectivity index (χ3v) is 5.79. The van der Waals surface area contributed by atoms with Crippen LogP contribution in [0.5, 0.6) is 5.75 Å². The van der Waals surface area contributed by atoms with Crippen LogP contribution in [0, 0.1) is 0 Å². The zero-order chi connectivity index (χ0) is 20.2. The predicted octanol–water partition coefficient (Wildman–Crippen LogP) is 2.16. The molecule has 154 valence electrons. The van der Waals surface area contributed by atoms with Gasteiger partial charge in [-0.15, -0.1) is 0 Å². The lowest BCUT2D eigenvalue weighted by molar-refractivity contribution is -0.118. The molecule has 1 saturated heterocycles. The molecule has 2 aliphatic rings. The fraction of sp³-hybridized carbons (Fsp3) is 0.435. The molecule has 0 radical (unpaired) electrons. The minimum Gasteiger partial charge on any atom is -0.489 e. The van der Waals surface area contributed by atoms with E-state index in [-0.39, 0.29) is 12.5 Å². The summed E-state index contributed by atoms with van der Waals surface area (Å²) in [5.74, 6) is 0.774. The van der Waals surface area contributed by atoms with E-state index >= 15 is 0 Å². The van der Waals surface area contributed by atoms with Crippen molar-refractivity contribution in [1.29, 1.82) is 0 Å². The van der Waals surface area contributed by atoms with Gasteiger partial charge in [-0.3, -0.25) is 9.69 Å². The third-order valence-electron chi connectivity index (χ3n) is 5.79. The summed E-state index contributed by atoms with van der Waals surface area (Å²) in [5, 5.41) is 10.5. The van der Waals surface area contributed by atoms with E-state index in [1.165, 1.54) is 5.69 Å². The Bertz CT molecular complexity index is 835. The van der Waals surface area contributed by atoms with Gasteiger partial charge in [-0.25, -0.2) is 0 Å². The number of amides is 1. The van der Waals surface area contributed by atoms with Crippen molar-refractivity contribution < 1.29 is 14.6 Å². The molecule has 2 aromatic rings. The quantitative estimate of drug-likeness (QED) is 0.812. The van der Waals surface area contributed by atoms with Gasteiger partial charge in [0.15, 0.2) is 0 Å². The van der Waals surface area contributed by atoms with Crippen LogP contribution in [0.25, 0.3) is 0 Å². The Labute approximate surface area is 172 Å². The van der Waals surface area contributed by atoms with E-state index in [1.807, 2.05) is 24.3 Å². The average Bonchev–Trinajstić information content (AvgIpc) is 2.76. The summed E-state index contributed by atoms with van der Waals surface area (Å²) in [6.07, 6.45) is 0.702. The average molecular weight is 396 g/mol. The molecular formula is C23H29N3O3. The second-order valence-corrected chi connectivity index (χ2v) is 7.80. The molecule has 0 spiro atoms. The number of anilines is 2. The molecule has 6 nitrogen and oxygen atoms in total. The summed E-state index contributed by atoms with van der Waals surface area (Å²) >= 11 is 0. The van der Waals surface area contributed by atoms with Crippen molar-refractivity contribution in [2.75, 3.05) is 56.2 Å². The van der Waals surface area contributed by atoms with Gasteiger partial charge in [0.1, 0.15) is 18.5 Å². The Kier molecular flexibility index (Phi) is 6.02. The number of aliphatic hydroxyl groups is 1. The molecule has 0 aromatic heterocycles. The second-order valence-electron chi connectivity index (χ2n) is 7.80. The number of carbonyl (C=O) groups excluding carboxylic acids is 1. The van der Waals surface area contributed by atoms with Crippen molar-refractivity contribution in [3.8, 4) is 5.75 Å². The monoisotopic (exact) mass is 395 g/mol. The topological polar surface area (TPSA) is 56.3 Å². The maximum Gasteiger partial charge on any atom is 0.227 e. The largest absolute Gasteiger partial charge is 0.489 e. The molecule has 2 heterocycles.